The summed E-state index contributed by atoms with van der Waals surface area (Å²) in [5.41, 5.74) is -4.20. The molecule has 0 aliphatic rings. The number of anilines is 3. The Morgan fingerprint density at radius 1 is 0.420 bits per heavy atom. The minimum atomic E-state index is -0.892. The number of para-hydroxylation sites is 2. The van der Waals surface area contributed by atoms with Crippen molar-refractivity contribution in [3.63, 3.8) is 0 Å². The molecule has 0 radical (unpaired) electrons. The molecule has 234 valence electrons. The van der Waals surface area contributed by atoms with E-state index in [9.17, 15) is 12.3 Å². The van der Waals surface area contributed by atoms with Crippen molar-refractivity contribution < 1.29 is 28.8 Å². The summed E-state index contributed by atoms with van der Waals surface area (Å²) in [6.45, 7) is 0. The molecule has 0 spiro atoms. The molecule has 1 heterocycles. The summed E-state index contributed by atoms with van der Waals surface area (Å²) in [5.74, 6) is 0. The molecule has 0 N–H and O–H groups in total. The number of rotatable bonds is 5. The predicted molar refractivity (Wildman–Crippen MR) is 213 cm³/mol. The molecule has 0 fully saturated rings. The van der Waals surface area contributed by atoms with Crippen molar-refractivity contribution in [1.82, 2.24) is 4.57 Å². The summed E-state index contributed by atoms with van der Waals surface area (Å²) in [5, 5.41) is 3.72. The van der Waals surface area contributed by atoms with Gasteiger partial charge in [-0.25, -0.2) is 0 Å². The first kappa shape index (κ1) is 14.5. The van der Waals surface area contributed by atoms with Gasteiger partial charge in [-0.15, -0.1) is 0 Å². The zero-order chi connectivity index (χ0) is 51.3. The van der Waals surface area contributed by atoms with Gasteiger partial charge in [0.2, 0.25) is 0 Å². The lowest BCUT2D eigenvalue weighted by atomic mass is 9.96. The highest BCUT2D eigenvalue weighted by atomic mass is 15.1. The average molecular weight is 658 g/mol. The molecule has 50 heavy (non-hydrogen) atoms. The van der Waals surface area contributed by atoms with Gasteiger partial charge in [0.25, 0.3) is 0 Å². The second-order valence-electron chi connectivity index (χ2n) is 11.4. The summed E-state index contributed by atoms with van der Waals surface area (Å²) in [4.78, 5) is 1.07. The number of nitrogens with zero attached hydrogens (tertiary/aromatic N) is 2. The van der Waals surface area contributed by atoms with E-state index in [1.54, 1.807) is 12.1 Å². The maximum Gasteiger partial charge on any atom is 0.0645 e. The van der Waals surface area contributed by atoms with Gasteiger partial charge in [0.1, 0.15) is 0 Å². The SMILES string of the molecule is [2H]c1c([2H])c([2H])c(-c2c([2H])c([2H])c(N(c3ccc4ccc5c6ccccc6ccc5c4c3)c3c([2H])c([2H])c([2H])c4c3c3c([2H])c([2H])c([2H])c([2H])c3n4-c3c([2H])c([2H])c([2H])c([2H])c3[2H])c([2H])c2[2H])c([2H])c1[2H]. The van der Waals surface area contributed by atoms with E-state index < -0.39 is 177 Å². The van der Waals surface area contributed by atoms with E-state index in [1.807, 2.05) is 48.5 Å². The Balaban J connectivity index is 1.45. The first-order valence-corrected chi connectivity index (χ1v) is 15.5. The Labute approximate surface area is 320 Å². The fraction of sp³-hybridized carbons (Fsp3) is 0. The van der Waals surface area contributed by atoms with Crippen molar-refractivity contribution in [3.05, 3.63) is 194 Å². The molecule has 0 aliphatic heterocycles. The summed E-state index contributed by atoms with van der Waals surface area (Å²) in [6.07, 6.45) is 0. The Kier molecular flexibility index (Phi) is 3.33. The van der Waals surface area contributed by atoms with Crippen molar-refractivity contribution in [2.75, 3.05) is 4.90 Å². The number of hydrogen-bond donors (Lipinski definition) is 0. The second-order valence-corrected chi connectivity index (χ2v) is 11.4. The van der Waals surface area contributed by atoms with Gasteiger partial charge >= 0.3 is 0 Å². The van der Waals surface area contributed by atoms with Crippen LogP contribution >= 0.6 is 0 Å². The normalized spacial score (nSPS) is 17.5. The van der Waals surface area contributed by atoms with Gasteiger partial charge in [0, 0.05) is 27.8 Å². The van der Waals surface area contributed by atoms with Crippen molar-refractivity contribution in [2.24, 2.45) is 0 Å². The average Bonchev–Trinajstić information content (AvgIpc) is 3.71. The first-order chi connectivity index (χ1) is 33.5. The Morgan fingerprint density at radius 3 is 1.88 bits per heavy atom. The van der Waals surface area contributed by atoms with Crippen LogP contribution in [0.3, 0.4) is 0 Å². The van der Waals surface area contributed by atoms with Gasteiger partial charge in [0.15, 0.2) is 0 Å². The molecular formula is C48H32N2. The second kappa shape index (κ2) is 11.5. The molecule has 1 aromatic heterocycles. The molecule has 10 aromatic rings. The van der Waals surface area contributed by atoms with Gasteiger partial charge < -0.3 is 9.47 Å². The number of hydrogen-bond acceptors (Lipinski definition) is 1. The molecule has 0 atom stereocenters. The zero-order valence-electron chi connectivity index (χ0n) is 46.7. The highest BCUT2D eigenvalue weighted by Crippen LogP contribution is 2.45. The Bertz CT molecular complexity index is 4000. The molecule has 0 saturated heterocycles. The third kappa shape index (κ3) is 4.50. The van der Waals surface area contributed by atoms with E-state index in [0.717, 1.165) is 25.6 Å². The quantitative estimate of drug-likeness (QED) is 0.167. The van der Waals surface area contributed by atoms with Crippen LogP contribution in [-0.4, -0.2) is 4.57 Å². The van der Waals surface area contributed by atoms with Crippen molar-refractivity contribution in [3.8, 4) is 16.8 Å². The van der Waals surface area contributed by atoms with Crippen LogP contribution in [0.25, 0.3) is 70.9 Å². The third-order valence-electron chi connectivity index (χ3n) is 8.71. The summed E-state index contributed by atoms with van der Waals surface area (Å²) in [7, 11) is 0. The van der Waals surface area contributed by atoms with Crippen molar-refractivity contribution in [1.29, 1.82) is 0 Å². The highest BCUT2D eigenvalue weighted by molar-refractivity contribution is 6.19. The lowest BCUT2D eigenvalue weighted by Crippen LogP contribution is -2.10. The fourth-order valence-electron chi connectivity index (χ4n) is 6.54. The summed E-state index contributed by atoms with van der Waals surface area (Å²) in [6, 6.07) is 2.57. The van der Waals surface area contributed by atoms with E-state index in [2.05, 4.69) is 0 Å². The minimum absolute atomic E-state index is 0.00834. The van der Waals surface area contributed by atoms with E-state index in [-0.39, 0.29) is 5.69 Å². The summed E-state index contributed by atoms with van der Waals surface area (Å²) >= 11 is 0. The van der Waals surface area contributed by atoms with Crippen LogP contribution in [0.4, 0.5) is 17.1 Å². The van der Waals surface area contributed by atoms with Gasteiger partial charge in [-0.05, 0) is 97.9 Å². The van der Waals surface area contributed by atoms with Crippen LogP contribution in [0.15, 0.2) is 194 Å². The smallest absolute Gasteiger partial charge is 0.0645 e. The molecule has 2 heteroatoms. The molecule has 0 saturated carbocycles. The van der Waals surface area contributed by atoms with Crippen LogP contribution in [0.1, 0.15) is 28.8 Å². The van der Waals surface area contributed by atoms with Crippen LogP contribution < -0.4 is 4.90 Å². The maximum atomic E-state index is 9.74. The van der Waals surface area contributed by atoms with E-state index >= 15 is 0 Å². The van der Waals surface area contributed by atoms with Crippen LogP contribution in [-0.2, 0) is 0 Å². The molecule has 10 rings (SSSR count). The number of fused-ring (bicyclic) bond motifs is 8. The lowest BCUT2D eigenvalue weighted by molar-refractivity contribution is 1.18. The maximum absolute atomic E-state index is 9.74. The monoisotopic (exact) mass is 657 g/mol. The van der Waals surface area contributed by atoms with Crippen molar-refractivity contribution >= 4 is 71.2 Å². The van der Waals surface area contributed by atoms with Gasteiger partial charge in [-0.2, -0.15) is 0 Å². The molecule has 0 bridgehead atoms. The third-order valence-corrected chi connectivity index (χ3v) is 8.71. The Hall–Kier alpha value is -6.64. The standard InChI is InChI=1S/C48H32N2/c1-3-12-33(13-4-1)34-22-27-38(28-23-34)49(39-29-24-36-26-30-41-40-17-8-7-14-35(40)25-31-42(41)44(36)32-39)46-20-11-21-47-48(46)43-18-9-10-19-45(43)50(47)37-15-5-2-6-16-37/h1-32H/i1D,2D,3D,4D,5D,6D,9D,10D,11D,12D,13D,15D,16D,18D,19D,20D,21D,22D,23D,27D,28D. The van der Waals surface area contributed by atoms with Crippen molar-refractivity contribution in [2.45, 2.75) is 0 Å². The van der Waals surface area contributed by atoms with E-state index in [1.165, 1.54) is 6.07 Å². The summed E-state index contributed by atoms with van der Waals surface area (Å²) < 4.78 is 190. The molecule has 0 aliphatic carbocycles. The molecule has 9 aromatic carbocycles. The highest BCUT2D eigenvalue weighted by Gasteiger charge is 2.21. The number of benzene rings is 9. The largest absolute Gasteiger partial charge is 0.310 e. The van der Waals surface area contributed by atoms with Crippen LogP contribution in [0.2, 0.25) is 0 Å². The molecule has 2 nitrogen and oxygen atoms in total. The van der Waals surface area contributed by atoms with Gasteiger partial charge in [-0.1, -0.05) is 139 Å². The topological polar surface area (TPSA) is 8.17 Å². The molecule has 0 unspecified atom stereocenters. The minimum Gasteiger partial charge on any atom is -0.310 e. The van der Waals surface area contributed by atoms with Gasteiger partial charge in [0.05, 0.1) is 45.5 Å². The van der Waals surface area contributed by atoms with Gasteiger partial charge in [-0.3, -0.25) is 0 Å². The van der Waals surface area contributed by atoms with Crippen LogP contribution in [0.5, 0.6) is 0 Å². The lowest BCUT2D eigenvalue weighted by Gasteiger charge is -2.27. The molecule has 0 amide bonds. The first-order valence-electron chi connectivity index (χ1n) is 26.0. The van der Waals surface area contributed by atoms with E-state index in [4.69, 9.17) is 16.4 Å². The predicted octanol–water partition coefficient (Wildman–Crippen LogP) is 13.4. The Morgan fingerprint density at radius 2 is 1.06 bits per heavy atom. The fourth-order valence-corrected chi connectivity index (χ4v) is 6.54. The van der Waals surface area contributed by atoms with Crippen LogP contribution in [0, 0.1) is 0 Å². The zero-order valence-corrected chi connectivity index (χ0v) is 25.7. The van der Waals surface area contributed by atoms with E-state index in [0.29, 0.717) is 16.2 Å². The number of aromatic nitrogens is 1. The molecular weight excluding hydrogens is 605 g/mol.